The van der Waals surface area contributed by atoms with E-state index in [1.54, 1.807) is 36.4 Å². The molecule has 278 valence electrons. The van der Waals surface area contributed by atoms with E-state index in [4.69, 9.17) is 28.4 Å². The molecule has 3 aromatic rings. The van der Waals surface area contributed by atoms with Gasteiger partial charge in [0.15, 0.2) is 0 Å². The summed E-state index contributed by atoms with van der Waals surface area (Å²) in [5.41, 5.74) is 3.44. The van der Waals surface area contributed by atoms with Gasteiger partial charge < -0.3 is 43.7 Å². The number of carbonyl (C=O) groups is 3. The van der Waals surface area contributed by atoms with Crippen LogP contribution in [0.15, 0.2) is 109 Å². The average Bonchev–Trinajstić information content (AvgIpc) is 3.13. The van der Waals surface area contributed by atoms with E-state index in [9.17, 15) is 29.7 Å². The lowest BCUT2D eigenvalue weighted by atomic mass is 9.85. The van der Waals surface area contributed by atoms with Crippen LogP contribution in [-0.2, 0) is 28.6 Å². The smallest absolute Gasteiger partial charge is 0.333 e. The summed E-state index contributed by atoms with van der Waals surface area (Å²) >= 11 is 0. The first-order valence-electron chi connectivity index (χ1n) is 16.4. The molecule has 0 aliphatic heterocycles. The fourth-order valence-electron chi connectivity index (χ4n) is 4.45. The predicted molar refractivity (Wildman–Crippen MR) is 192 cm³/mol. The Hall–Kier alpha value is -5.43. The lowest BCUT2D eigenvalue weighted by Gasteiger charge is -2.21. The third kappa shape index (κ3) is 13.7. The highest BCUT2D eigenvalue weighted by molar-refractivity contribution is 5.87. The summed E-state index contributed by atoms with van der Waals surface area (Å²) in [5.74, 6) is -0.532. The van der Waals surface area contributed by atoms with Gasteiger partial charge in [0.25, 0.3) is 0 Å². The number of ether oxygens (including phenoxy) is 6. The van der Waals surface area contributed by atoms with Crippen molar-refractivity contribution in [3.63, 3.8) is 0 Å². The van der Waals surface area contributed by atoms with E-state index in [0.717, 1.165) is 16.7 Å². The standard InChI is InChI=1S/C40H46O12/c1-25(2)38(44)50-22-31(41)19-47-34-13-7-28(8-14-34)37(29-9-15-35(16-10-29)48-20-32(42)23-51-39(45)26(3)4)30-11-17-36(18-12-30)49-21-33(43)24-52-40(46)27(5)6/h7-18,31-33,37,41-43H,1,3,5,19-24H2,2,4,6H3. The fraction of sp³-hybridized carbons (Fsp3) is 0.325. The number of aliphatic hydroxyl groups excluding tert-OH is 3. The zero-order valence-electron chi connectivity index (χ0n) is 29.6. The summed E-state index contributed by atoms with van der Waals surface area (Å²) in [5, 5.41) is 30.5. The van der Waals surface area contributed by atoms with Crippen molar-refractivity contribution in [3.05, 3.63) is 126 Å². The van der Waals surface area contributed by atoms with Crippen LogP contribution in [0.25, 0.3) is 0 Å². The van der Waals surface area contributed by atoms with E-state index >= 15 is 0 Å². The number of hydrogen-bond acceptors (Lipinski definition) is 12. The molecule has 0 spiro atoms. The Morgan fingerprint density at radius 3 is 0.904 bits per heavy atom. The molecular weight excluding hydrogens is 672 g/mol. The summed E-state index contributed by atoms with van der Waals surface area (Å²) in [6, 6.07) is 22.0. The first-order valence-corrected chi connectivity index (χ1v) is 16.4. The molecular formula is C40H46O12. The molecule has 0 amide bonds. The van der Waals surface area contributed by atoms with Gasteiger partial charge in [0, 0.05) is 22.6 Å². The molecule has 3 atom stereocenters. The number of rotatable bonds is 21. The Bertz CT molecular complexity index is 1460. The number of hydrogen-bond donors (Lipinski definition) is 3. The van der Waals surface area contributed by atoms with Crippen molar-refractivity contribution in [1.82, 2.24) is 0 Å². The van der Waals surface area contributed by atoms with Gasteiger partial charge in [0.05, 0.1) is 0 Å². The Balaban J connectivity index is 1.73. The molecule has 12 nitrogen and oxygen atoms in total. The maximum atomic E-state index is 11.6. The quantitative estimate of drug-likeness (QED) is 0.0614. The molecule has 0 aromatic heterocycles. The molecule has 3 rings (SSSR count). The Kier molecular flexibility index (Phi) is 16.1. The highest BCUT2D eigenvalue weighted by Crippen LogP contribution is 2.34. The molecule has 0 aliphatic rings. The molecule has 0 saturated carbocycles. The molecule has 0 aliphatic carbocycles. The first kappa shape index (κ1) is 41.0. The Morgan fingerprint density at radius 1 is 0.462 bits per heavy atom. The van der Waals surface area contributed by atoms with E-state index in [-0.39, 0.29) is 62.3 Å². The molecule has 12 heteroatoms. The molecule has 0 fully saturated rings. The van der Waals surface area contributed by atoms with Crippen molar-refractivity contribution in [2.75, 3.05) is 39.6 Å². The van der Waals surface area contributed by atoms with Crippen molar-refractivity contribution in [1.29, 1.82) is 0 Å². The second-order valence-corrected chi connectivity index (χ2v) is 12.2. The van der Waals surface area contributed by atoms with Crippen molar-refractivity contribution >= 4 is 17.9 Å². The van der Waals surface area contributed by atoms with Gasteiger partial charge in [-0.15, -0.1) is 0 Å². The van der Waals surface area contributed by atoms with Gasteiger partial charge in [-0.05, 0) is 73.9 Å². The molecule has 0 radical (unpaired) electrons. The predicted octanol–water partition coefficient (Wildman–Crippen LogP) is 4.44. The van der Waals surface area contributed by atoms with Crippen LogP contribution in [-0.4, -0.2) is 91.2 Å². The van der Waals surface area contributed by atoms with E-state index in [1.807, 2.05) is 36.4 Å². The van der Waals surface area contributed by atoms with Crippen LogP contribution >= 0.6 is 0 Å². The minimum Gasteiger partial charge on any atom is -0.491 e. The molecule has 0 bridgehead atoms. The van der Waals surface area contributed by atoms with Gasteiger partial charge in [0.2, 0.25) is 0 Å². The second-order valence-electron chi connectivity index (χ2n) is 12.2. The molecule has 0 heterocycles. The Morgan fingerprint density at radius 2 is 0.692 bits per heavy atom. The van der Waals surface area contributed by atoms with E-state index in [1.165, 1.54) is 20.8 Å². The molecule has 3 aromatic carbocycles. The van der Waals surface area contributed by atoms with Gasteiger partial charge in [-0.1, -0.05) is 56.1 Å². The van der Waals surface area contributed by atoms with Gasteiger partial charge in [0.1, 0.15) is 75.2 Å². The zero-order chi connectivity index (χ0) is 38.2. The maximum Gasteiger partial charge on any atom is 0.333 e. The number of aliphatic hydroxyl groups is 3. The second kappa shape index (κ2) is 20.4. The first-order chi connectivity index (χ1) is 24.7. The van der Waals surface area contributed by atoms with Crippen LogP contribution in [0.3, 0.4) is 0 Å². The molecule has 3 unspecified atom stereocenters. The highest BCUT2D eigenvalue weighted by atomic mass is 16.6. The largest absolute Gasteiger partial charge is 0.491 e. The van der Waals surface area contributed by atoms with E-state index in [2.05, 4.69) is 19.7 Å². The van der Waals surface area contributed by atoms with Gasteiger partial charge >= 0.3 is 17.9 Å². The van der Waals surface area contributed by atoms with Gasteiger partial charge in [-0.2, -0.15) is 0 Å². The SMILES string of the molecule is C=C(C)C(=O)OCC(O)COc1ccc(C(c2ccc(OCC(O)COC(=O)C(=C)C)cc2)c2ccc(OCC(O)COC(=O)C(=C)C)cc2)cc1. The number of esters is 3. The number of benzene rings is 3. The van der Waals surface area contributed by atoms with Gasteiger partial charge in [-0.3, -0.25) is 0 Å². The zero-order valence-corrected chi connectivity index (χ0v) is 29.6. The lowest BCUT2D eigenvalue weighted by molar-refractivity contribution is -0.143. The van der Waals surface area contributed by atoms with E-state index in [0.29, 0.717) is 17.2 Å². The van der Waals surface area contributed by atoms with Gasteiger partial charge in [-0.25, -0.2) is 14.4 Å². The van der Waals surface area contributed by atoms with Crippen LogP contribution in [0.5, 0.6) is 17.2 Å². The van der Waals surface area contributed by atoms with E-state index < -0.39 is 36.2 Å². The summed E-state index contributed by atoms with van der Waals surface area (Å²) in [6.45, 7) is 14.1. The van der Waals surface area contributed by atoms with Crippen LogP contribution in [0, 0.1) is 0 Å². The molecule has 3 N–H and O–H groups in total. The summed E-state index contributed by atoms with van der Waals surface area (Å²) in [6.07, 6.45) is -3.09. The van der Waals surface area contributed by atoms with Crippen LogP contribution in [0.1, 0.15) is 43.4 Å². The van der Waals surface area contributed by atoms with Crippen molar-refractivity contribution in [2.45, 2.75) is 45.0 Å². The van der Waals surface area contributed by atoms with Crippen LogP contribution in [0.4, 0.5) is 0 Å². The minimum atomic E-state index is -1.03. The fourth-order valence-corrected chi connectivity index (χ4v) is 4.45. The van der Waals surface area contributed by atoms with Crippen LogP contribution in [0.2, 0.25) is 0 Å². The minimum absolute atomic E-state index is 0.0920. The van der Waals surface area contributed by atoms with Crippen molar-refractivity contribution in [2.24, 2.45) is 0 Å². The summed E-state index contributed by atoms with van der Waals surface area (Å²) in [7, 11) is 0. The molecule has 0 saturated heterocycles. The maximum absolute atomic E-state index is 11.6. The Labute approximate surface area is 303 Å². The van der Waals surface area contributed by atoms with Crippen LogP contribution < -0.4 is 14.2 Å². The summed E-state index contributed by atoms with van der Waals surface area (Å²) in [4.78, 5) is 34.8. The lowest BCUT2D eigenvalue weighted by Crippen LogP contribution is -2.25. The third-order valence-electron chi connectivity index (χ3n) is 7.23. The van der Waals surface area contributed by atoms with Crippen molar-refractivity contribution < 1.29 is 58.1 Å². The topological polar surface area (TPSA) is 167 Å². The normalized spacial score (nSPS) is 13.0. The monoisotopic (exact) mass is 718 g/mol. The molecule has 52 heavy (non-hydrogen) atoms. The number of carbonyl (C=O) groups excluding carboxylic acids is 3. The third-order valence-corrected chi connectivity index (χ3v) is 7.23. The summed E-state index contributed by atoms with van der Waals surface area (Å²) < 4.78 is 32.1. The van der Waals surface area contributed by atoms with Crippen molar-refractivity contribution in [3.8, 4) is 17.2 Å². The highest BCUT2D eigenvalue weighted by Gasteiger charge is 2.19. The average molecular weight is 719 g/mol.